The summed E-state index contributed by atoms with van der Waals surface area (Å²) in [4.78, 5) is 29.4. The van der Waals surface area contributed by atoms with E-state index in [1.807, 2.05) is 36.9 Å². The van der Waals surface area contributed by atoms with Crippen molar-refractivity contribution in [3.63, 3.8) is 0 Å². The van der Waals surface area contributed by atoms with Crippen LogP contribution in [0, 0.1) is 11.8 Å². The van der Waals surface area contributed by atoms with Crippen LogP contribution in [-0.2, 0) is 9.59 Å². The number of ether oxygens (including phenoxy) is 1. The maximum atomic E-state index is 13.0. The maximum absolute atomic E-state index is 13.0. The molecule has 1 aromatic rings. The minimum atomic E-state index is 0.0637. The zero-order chi connectivity index (χ0) is 20.1. The number of carbonyl (C=O) groups is 2. The second-order valence-corrected chi connectivity index (χ2v) is 8.20. The van der Waals surface area contributed by atoms with Crippen molar-refractivity contribution in [2.45, 2.75) is 45.6 Å². The standard InChI is InChI=1S/C22H33N3O3/c1-16(2)23-21(26)17-8-10-18(11-9-17)22(27)25-14-12-24(13-15-25)19-6-4-5-7-20(19)28-3/h4-7,16-18H,8-15H2,1-3H3,(H,23,26). The first-order valence-corrected chi connectivity index (χ1v) is 10.5. The Morgan fingerprint density at radius 2 is 1.61 bits per heavy atom. The smallest absolute Gasteiger partial charge is 0.225 e. The minimum absolute atomic E-state index is 0.0637. The Morgan fingerprint density at radius 1 is 1.00 bits per heavy atom. The summed E-state index contributed by atoms with van der Waals surface area (Å²) >= 11 is 0. The van der Waals surface area contributed by atoms with Crippen LogP contribution in [0.25, 0.3) is 0 Å². The maximum Gasteiger partial charge on any atom is 0.225 e. The summed E-state index contributed by atoms with van der Waals surface area (Å²) in [6.45, 7) is 7.08. The van der Waals surface area contributed by atoms with Crippen molar-refractivity contribution in [1.82, 2.24) is 10.2 Å². The lowest BCUT2D eigenvalue weighted by Gasteiger charge is -2.39. The summed E-state index contributed by atoms with van der Waals surface area (Å²) in [6, 6.07) is 8.20. The Kier molecular flexibility index (Phi) is 6.81. The fourth-order valence-corrected chi connectivity index (χ4v) is 4.32. The van der Waals surface area contributed by atoms with E-state index >= 15 is 0 Å². The molecule has 0 unspecified atom stereocenters. The molecule has 0 aromatic heterocycles. The molecule has 1 aromatic carbocycles. The molecule has 0 atom stereocenters. The quantitative estimate of drug-likeness (QED) is 0.844. The average Bonchev–Trinajstić information content (AvgIpc) is 2.73. The van der Waals surface area contributed by atoms with Crippen molar-refractivity contribution >= 4 is 17.5 Å². The third kappa shape index (κ3) is 4.78. The molecule has 6 nitrogen and oxygen atoms in total. The van der Waals surface area contributed by atoms with Gasteiger partial charge in [0.25, 0.3) is 0 Å². The molecule has 0 bridgehead atoms. The van der Waals surface area contributed by atoms with Gasteiger partial charge in [-0.25, -0.2) is 0 Å². The number of hydrogen-bond donors (Lipinski definition) is 1. The molecule has 3 rings (SSSR count). The summed E-state index contributed by atoms with van der Waals surface area (Å²) in [5.74, 6) is 1.42. The highest BCUT2D eigenvalue weighted by molar-refractivity contribution is 5.81. The normalized spacial score (nSPS) is 22.9. The van der Waals surface area contributed by atoms with Gasteiger partial charge in [0.1, 0.15) is 5.75 Å². The highest BCUT2D eigenvalue weighted by atomic mass is 16.5. The number of carbonyl (C=O) groups excluding carboxylic acids is 2. The Labute approximate surface area is 168 Å². The number of hydrogen-bond acceptors (Lipinski definition) is 4. The largest absolute Gasteiger partial charge is 0.495 e. The summed E-state index contributed by atoms with van der Waals surface area (Å²) < 4.78 is 5.47. The van der Waals surface area contributed by atoms with Gasteiger partial charge in [0, 0.05) is 44.1 Å². The predicted octanol–water partition coefficient (Wildman–Crippen LogP) is 2.67. The van der Waals surface area contributed by atoms with Crippen molar-refractivity contribution < 1.29 is 14.3 Å². The summed E-state index contributed by atoms with van der Waals surface area (Å²) in [7, 11) is 1.69. The number of piperazine rings is 1. The van der Waals surface area contributed by atoms with Crippen molar-refractivity contribution in [2.75, 3.05) is 38.2 Å². The molecular weight excluding hydrogens is 354 g/mol. The second kappa shape index (κ2) is 9.30. The minimum Gasteiger partial charge on any atom is -0.495 e. The van der Waals surface area contributed by atoms with E-state index in [1.54, 1.807) is 7.11 Å². The Hall–Kier alpha value is -2.24. The van der Waals surface area contributed by atoms with Crippen LogP contribution in [0.15, 0.2) is 24.3 Å². The van der Waals surface area contributed by atoms with Crippen LogP contribution in [0.5, 0.6) is 5.75 Å². The number of nitrogens with one attached hydrogen (secondary N) is 1. The number of benzene rings is 1. The van der Waals surface area contributed by atoms with E-state index in [-0.39, 0.29) is 29.7 Å². The number of rotatable bonds is 5. The molecule has 0 spiro atoms. The lowest BCUT2D eigenvalue weighted by molar-refractivity contribution is -0.138. The van der Waals surface area contributed by atoms with Gasteiger partial charge in [-0.2, -0.15) is 0 Å². The zero-order valence-corrected chi connectivity index (χ0v) is 17.3. The third-order valence-electron chi connectivity index (χ3n) is 5.90. The van der Waals surface area contributed by atoms with Crippen LogP contribution in [-0.4, -0.2) is 56.0 Å². The fraction of sp³-hybridized carbons (Fsp3) is 0.636. The zero-order valence-electron chi connectivity index (χ0n) is 17.3. The van der Waals surface area contributed by atoms with Crippen LogP contribution >= 0.6 is 0 Å². The Bertz CT molecular complexity index is 675. The number of amides is 2. The number of para-hydroxylation sites is 2. The van der Waals surface area contributed by atoms with E-state index in [4.69, 9.17) is 4.74 Å². The molecular formula is C22H33N3O3. The van der Waals surface area contributed by atoms with Crippen molar-refractivity contribution in [2.24, 2.45) is 11.8 Å². The second-order valence-electron chi connectivity index (χ2n) is 8.20. The van der Waals surface area contributed by atoms with E-state index in [0.29, 0.717) is 0 Å². The number of anilines is 1. The van der Waals surface area contributed by atoms with Gasteiger partial charge in [0.2, 0.25) is 11.8 Å². The first kappa shape index (κ1) is 20.5. The first-order chi connectivity index (χ1) is 13.5. The van der Waals surface area contributed by atoms with Crippen LogP contribution in [0.1, 0.15) is 39.5 Å². The molecule has 6 heteroatoms. The predicted molar refractivity (Wildman–Crippen MR) is 111 cm³/mol. The van der Waals surface area contributed by atoms with Gasteiger partial charge in [0.05, 0.1) is 12.8 Å². The van der Waals surface area contributed by atoms with Gasteiger partial charge in [-0.1, -0.05) is 12.1 Å². The topological polar surface area (TPSA) is 61.9 Å². The molecule has 1 N–H and O–H groups in total. The van der Waals surface area contributed by atoms with Crippen LogP contribution in [0.3, 0.4) is 0 Å². The molecule has 2 aliphatic rings. The van der Waals surface area contributed by atoms with Gasteiger partial charge in [0.15, 0.2) is 0 Å². The van der Waals surface area contributed by atoms with E-state index in [1.165, 1.54) is 0 Å². The molecule has 154 valence electrons. The van der Waals surface area contributed by atoms with Crippen LogP contribution in [0.4, 0.5) is 5.69 Å². The Balaban J connectivity index is 1.49. The summed E-state index contributed by atoms with van der Waals surface area (Å²) in [5, 5.41) is 3.00. The average molecular weight is 388 g/mol. The number of methoxy groups -OCH3 is 1. The van der Waals surface area contributed by atoms with Crippen molar-refractivity contribution in [3.8, 4) is 5.75 Å². The molecule has 1 heterocycles. The molecule has 0 radical (unpaired) electrons. The molecule has 1 aliphatic heterocycles. The first-order valence-electron chi connectivity index (χ1n) is 10.5. The van der Waals surface area contributed by atoms with E-state index in [2.05, 4.69) is 16.3 Å². The van der Waals surface area contributed by atoms with Gasteiger partial charge in [-0.05, 0) is 51.7 Å². The van der Waals surface area contributed by atoms with Gasteiger partial charge >= 0.3 is 0 Å². The highest BCUT2D eigenvalue weighted by Gasteiger charge is 2.33. The van der Waals surface area contributed by atoms with E-state index in [0.717, 1.165) is 63.3 Å². The fourth-order valence-electron chi connectivity index (χ4n) is 4.32. The van der Waals surface area contributed by atoms with Gasteiger partial charge in [-0.3, -0.25) is 9.59 Å². The van der Waals surface area contributed by atoms with Crippen LogP contribution in [0.2, 0.25) is 0 Å². The lowest BCUT2D eigenvalue weighted by Crippen LogP contribution is -2.51. The van der Waals surface area contributed by atoms with E-state index in [9.17, 15) is 9.59 Å². The SMILES string of the molecule is COc1ccccc1N1CCN(C(=O)C2CCC(C(=O)NC(C)C)CC2)CC1. The molecule has 1 aliphatic carbocycles. The van der Waals surface area contributed by atoms with Crippen molar-refractivity contribution in [1.29, 1.82) is 0 Å². The summed E-state index contributed by atoms with van der Waals surface area (Å²) in [6.07, 6.45) is 3.27. The highest BCUT2D eigenvalue weighted by Crippen LogP contribution is 2.32. The molecule has 2 amide bonds. The van der Waals surface area contributed by atoms with E-state index < -0.39 is 0 Å². The molecule has 1 saturated heterocycles. The van der Waals surface area contributed by atoms with Gasteiger partial charge < -0.3 is 19.9 Å². The monoisotopic (exact) mass is 387 g/mol. The molecule has 1 saturated carbocycles. The third-order valence-corrected chi connectivity index (χ3v) is 5.90. The van der Waals surface area contributed by atoms with Crippen molar-refractivity contribution in [3.05, 3.63) is 24.3 Å². The Morgan fingerprint density at radius 3 is 2.21 bits per heavy atom. The molecule has 2 fully saturated rings. The number of nitrogens with zero attached hydrogens (tertiary/aromatic N) is 2. The van der Waals surface area contributed by atoms with Crippen LogP contribution < -0.4 is 15.0 Å². The van der Waals surface area contributed by atoms with Gasteiger partial charge in [-0.15, -0.1) is 0 Å². The molecule has 28 heavy (non-hydrogen) atoms. The lowest BCUT2D eigenvalue weighted by atomic mass is 9.80. The summed E-state index contributed by atoms with van der Waals surface area (Å²) in [5.41, 5.74) is 1.09.